The molecule has 2 fully saturated rings. The van der Waals surface area contributed by atoms with Gasteiger partial charge in [-0.25, -0.2) is 0 Å². The first-order chi connectivity index (χ1) is 10.1. The molecular weight excluding hydrogens is 260 g/mol. The average molecular weight is 296 g/mol. The molecule has 1 saturated heterocycles. The lowest BCUT2D eigenvalue weighted by Crippen LogP contribution is -2.56. The van der Waals surface area contributed by atoms with Crippen LogP contribution in [0.5, 0.6) is 0 Å². The van der Waals surface area contributed by atoms with Crippen LogP contribution < -0.4 is 5.32 Å². The lowest BCUT2D eigenvalue weighted by atomic mass is 9.75. The van der Waals surface area contributed by atoms with E-state index in [1.165, 1.54) is 38.6 Å². The van der Waals surface area contributed by atoms with Gasteiger partial charge in [0.05, 0.1) is 6.61 Å². The minimum Gasteiger partial charge on any atom is -0.381 e. The Morgan fingerprint density at radius 1 is 1.24 bits per heavy atom. The Balaban J connectivity index is 1.94. The highest BCUT2D eigenvalue weighted by Crippen LogP contribution is 2.32. The summed E-state index contributed by atoms with van der Waals surface area (Å²) in [5.41, 5.74) is 0. The maximum Gasteiger partial charge on any atom is 0.0506 e. The van der Waals surface area contributed by atoms with E-state index in [0.29, 0.717) is 12.1 Å². The van der Waals surface area contributed by atoms with Gasteiger partial charge in [-0.2, -0.15) is 0 Å². The van der Waals surface area contributed by atoms with Crippen LogP contribution in [0.15, 0.2) is 0 Å². The Morgan fingerprint density at radius 3 is 2.71 bits per heavy atom. The van der Waals surface area contributed by atoms with Gasteiger partial charge in [0.2, 0.25) is 0 Å². The van der Waals surface area contributed by atoms with Crippen molar-refractivity contribution in [1.82, 2.24) is 10.2 Å². The predicted octanol–water partition coefficient (Wildman–Crippen LogP) is 3.15. The van der Waals surface area contributed by atoms with Gasteiger partial charge in [0, 0.05) is 25.2 Å². The van der Waals surface area contributed by atoms with Gasteiger partial charge in [0.25, 0.3) is 0 Å². The van der Waals surface area contributed by atoms with Crippen LogP contribution in [-0.2, 0) is 4.74 Å². The Morgan fingerprint density at radius 2 is 2.05 bits per heavy atom. The summed E-state index contributed by atoms with van der Waals surface area (Å²) in [6.07, 6.45) is 6.52. The summed E-state index contributed by atoms with van der Waals surface area (Å²) in [5, 5.41) is 3.83. The fourth-order valence-corrected chi connectivity index (χ4v) is 4.60. The molecule has 124 valence electrons. The molecule has 0 aromatic carbocycles. The zero-order valence-corrected chi connectivity index (χ0v) is 14.6. The summed E-state index contributed by atoms with van der Waals surface area (Å²) in [6.45, 7) is 11.4. The predicted molar refractivity (Wildman–Crippen MR) is 89.6 cm³/mol. The molecule has 0 aromatic heterocycles. The summed E-state index contributed by atoms with van der Waals surface area (Å²) in [5.74, 6) is 2.39. The van der Waals surface area contributed by atoms with Crippen molar-refractivity contribution in [3.8, 4) is 0 Å². The number of nitrogens with one attached hydrogen (secondary N) is 1. The monoisotopic (exact) mass is 296 g/mol. The first-order valence-electron chi connectivity index (χ1n) is 9.13. The molecule has 3 nitrogen and oxygen atoms in total. The van der Waals surface area contributed by atoms with E-state index in [1.54, 1.807) is 0 Å². The second-order valence-corrected chi connectivity index (χ2v) is 7.63. The number of hydrogen-bond acceptors (Lipinski definition) is 3. The fraction of sp³-hybridized carbons (Fsp3) is 1.00. The smallest absolute Gasteiger partial charge is 0.0506 e. The standard InChI is InChI=1S/C18H36N2O/c1-5-8-19-17-11-14(2)10-15(3)18(17)20(4)12-16-7-6-9-21-13-16/h14-19H,5-13H2,1-4H3. The Bertz CT molecular complexity index is 291. The van der Waals surface area contributed by atoms with E-state index in [1.807, 2.05) is 0 Å². The summed E-state index contributed by atoms with van der Waals surface area (Å²) >= 11 is 0. The lowest BCUT2D eigenvalue weighted by Gasteiger charge is -2.46. The van der Waals surface area contributed by atoms with Crippen LogP contribution >= 0.6 is 0 Å². The highest BCUT2D eigenvalue weighted by Gasteiger charge is 2.36. The molecule has 5 unspecified atom stereocenters. The molecule has 2 aliphatic rings. The molecule has 1 N–H and O–H groups in total. The molecule has 3 heteroatoms. The van der Waals surface area contributed by atoms with E-state index >= 15 is 0 Å². The van der Waals surface area contributed by atoms with Crippen molar-refractivity contribution in [3.63, 3.8) is 0 Å². The van der Waals surface area contributed by atoms with Gasteiger partial charge in [0.15, 0.2) is 0 Å². The number of ether oxygens (including phenoxy) is 1. The van der Waals surface area contributed by atoms with Gasteiger partial charge in [-0.15, -0.1) is 0 Å². The van der Waals surface area contributed by atoms with Crippen molar-refractivity contribution in [2.75, 3.05) is 33.4 Å². The Kier molecular flexibility index (Phi) is 6.97. The van der Waals surface area contributed by atoms with Crippen LogP contribution in [0.1, 0.15) is 52.9 Å². The Labute approximate surface area is 131 Å². The van der Waals surface area contributed by atoms with Gasteiger partial charge >= 0.3 is 0 Å². The van der Waals surface area contributed by atoms with E-state index in [2.05, 4.69) is 38.0 Å². The van der Waals surface area contributed by atoms with E-state index in [-0.39, 0.29) is 0 Å². The average Bonchev–Trinajstić information content (AvgIpc) is 2.45. The van der Waals surface area contributed by atoms with Crippen LogP contribution in [0.4, 0.5) is 0 Å². The number of hydrogen-bond donors (Lipinski definition) is 1. The van der Waals surface area contributed by atoms with Crippen LogP contribution in [0.2, 0.25) is 0 Å². The minimum atomic E-state index is 0.665. The number of likely N-dealkylation sites (N-methyl/N-ethyl adjacent to an activating group) is 1. The largest absolute Gasteiger partial charge is 0.381 e. The zero-order chi connectivity index (χ0) is 15.2. The Hall–Kier alpha value is -0.120. The first-order valence-corrected chi connectivity index (χ1v) is 9.13. The molecule has 0 bridgehead atoms. The minimum absolute atomic E-state index is 0.665. The summed E-state index contributed by atoms with van der Waals surface area (Å²) in [6, 6.07) is 1.35. The van der Waals surface area contributed by atoms with E-state index in [4.69, 9.17) is 4.74 Å². The molecule has 5 atom stereocenters. The van der Waals surface area contributed by atoms with Crippen molar-refractivity contribution < 1.29 is 4.74 Å². The van der Waals surface area contributed by atoms with Crippen molar-refractivity contribution in [2.24, 2.45) is 17.8 Å². The molecule has 0 amide bonds. The second kappa shape index (κ2) is 8.50. The normalized spacial score (nSPS) is 37.9. The first kappa shape index (κ1) is 17.2. The third-order valence-electron chi connectivity index (χ3n) is 5.39. The van der Waals surface area contributed by atoms with Crippen LogP contribution in [0, 0.1) is 17.8 Å². The molecular formula is C18H36N2O. The highest BCUT2D eigenvalue weighted by molar-refractivity contribution is 4.93. The quantitative estimate of drug-likeness (QED) is 0.815. The van der Waals surface area contributed by atoms with E-state index in [0.717, 1.165) is 37.5 Å². The SMILES string of the molecule is CCCNC1CC(C)CC(C)C1N(C)CC1CCCOC1. The zero-order valence-electron chi connectivity index (χ0n) is 14.6. The fourth-order valence-electron chi connectivity index (χ4n) is 4.60. The molecule has 0 aromatic rings. The molecule has 1 aliphatic heterocycles. The van der Waals surface area contributed by atoms with Gasteiger partial charge in [0.1, 0.15) is 0 Å². The molecule has 21 heavy (non-hydrogen) atoms. The summed E-state index contributed by atoms with van der Waals surface area (Å²) < 4.78 is 5.66. The van der Waals surface area contributed by atoms with Crippen LogP contribution in [0.25, 0.3) is 0 Å². The van der Waals surface area contributed by atoms with Crippen LogP contribution in [-0.4, -0.2) is 50.3 Å². The maximum absolute atomic E-state index is 5.66. The molecule has 1 aliphatic carbocycles. The van der Waals surface area contributed by atoms with E-state index in [9.17, 15) is 0 Å². The van der Waals surface area contributed by atoms with Crippen molar-refractivity contribution >= 4 is 0 Å². The highest BCUT2D eigenvalue weighted by atomic mass is 16.5. The molecule has 2 rings (SSSR count). The van der Waals surface area contributed by atoms with Crippen molar-refractivity contribution in [3.05, 3.63) is 0 Å². The van der Waals surface area contributed by atoms with Gasteiger partial charge in [-0.3, -0.25) is 0 Å². The summed E-state index contributed by atoms with van der Waals surface area (Å²) in [4.78, 5) is 2.64. The maximum atomic E-state index is 5.66. The van der Waals surface area contributed by atoms with Gasteiger partial charge < -0.3 is 15.0 Å². The molecule has 0 radical (unpaired) electrons. The molecule has 1 heterocycles. The number of rotatable bonds is 6. The summed E-state index contributed by atoms with van der Waals surface area (Å²) in [7, 11) is 2.34. The second-order valence-electron chi connectivity index (χ2n) is 7.63. The molecule has 0 spiro atoms. The van der Waals surface area contributed by atoms with E-state index < -0.39 is 0 Å². The topological polar surface area (TPSA) is 24.5 Å². The van der Waals surface area contributed by atoms with Gasteiger partial charge in [-0.1, -0.05) is 20.8 Å². The lowest BCUT2D eigenvalue weighted by molar-refractivity contribution is 0.0160. The van der Waals surface area contributed by atoms with Crippen molar-refractivity contribution in [1.29, 1.82) is 0 Å². The third kappa shape index (κ3) is 4.94. The number of nitrogens with zero attached hydrogens (tertiary/aromatic N) is 1. The van der Waals surface area contributed by atoms with Crippen molar-refractivity contribution in [2.45, 2.75) is 65.0 Å². The van der Waals surface area contributed by atoms with Gasteiger partial charge in [-0.05, 0) is 63.5 Å². The third-order valence-corrected chi connectivity index (χ3v) is 5.39. The molecule has 1 saturated carbocycles. The van der Waals surface area contributed by atoms with Crippen LogP contribution in [0.3, 0.4) is 0 Å².